The molecular weight excluding hydrogens is 383 g/mol. The van der Waals surface area contributed by atoms with Crippen molar-refractivity contribution in [3.8, 4) is 5.69 Å². The van der Waals surface area contributed by atoms with Gasteiger partial charge in [-0.05, 0) is 44.0 Å². The van der Waals surface area contributed by atoms with Crippen LogP contribution in [-0.4, -0.2) is 53.1 Å². The van der Waals surface area contributed by atoms with Crippen LogP contribution in [0.5, 0.6) is 0 Å². The van der Waals surface area contributed by atoms with Gasteiger partial charge in [0.05, 0.1) is 35.6 Å². The van der Waals surface area contributed by atoms with Gasteiger partial charge in [-0.25, -0.2) is 9.48 Å². The lowest BCUT2D eigenvalue weighted by Crippen LogP contribution is -2.40. The number of ether oxygens (including phenoxy) is 1. The van der Waals surface area contributed by atoms with Crippen molar-refractivity contribution >= 4 is 17.6 Å². The number of hydrogen-bond acceptors (Lipinski definition) is 4. The molecule has 0 amide bonds. The number of rotatable bonds is 5. The normalized spacial score (nSPS) is 16.4. The molecule has 1 aromatic heterocycles. The molecule has 1 saturated heterocycles. The third-order valence-corrected chi connectivity index (χ3v) is 4.80. The number of para-hydroxylation sites is 1. The Morgan fingerprint density at radius 3 is 2.63 bits per heavy atom. The van der Waals surface area contributed by atoms with Gasteiger partial charge in [-0.15, -0.1) is 0 Å². The lowest BCUT2D eigenvalue weighted by molar-refractivity contribution is -0.148. The van der Waals surface area contributed by atoms with Gasteiger partial charge in [0.25, 0.3) is 0 Å². The number of hydrogen-bond donors (Lipinski definition) is 0. The Bertz CT molecular complexity index is 786. The van der Waals surface area contributed by atoms with Gasteiger partial charge in [-0.2, -0.15) is 18.3 Å². The number of nitrogens with zero attached hydrogens (tertiary/aromatic N) is 3. The Morgan fingerprint density at radius 1 is 1.26 bits per heavy atom. The van der Waals surface area contributed by atoms with Crippen LogP contribution in [0.15, 0.2) is 36.7 Å². The Balaban J connectivity index is 1.49. The minimum absolute atomic E-state index is 0.0667. The maximum absolute atomic E-state index is 12.4. The second-order valence-corrected chi connectivity index (χ2v) is 6.97. The first kappa shape index (κ1) is 19.7. The molecule has 1 aromatic carbocycles. The van der Waals surface area contributed by atoms with E-state index in [0.717, 1.165) is 0 Å². The molecule has 1 aliphatic heterocycles. The second-order valence-electron chi connectivity index (χ2n) is 6.56. The quantitative estimate of drug-likeness (QED) is 0.712. The van der Waals surface area contributed by atoms with E-state index in [2.05, 4.69) is 5.10 Å². The number of alkyl halides is 3. The van der Waals surface area contributed by atoms with E-state index in [1.165, 1.54) is 22.0 Å². The summed E-state index contributed by atoms with van der Waals surface area (Å²) in [6.07, 6.45) is -0.0985. The maximum Gasteiger partial charge on any atom is 0.401 e. The van der Waals surface area contributed by atoms with Crippen molar-refractivity contribution in [2.24, 2.45) is 5.92 Å². The molecule has 5 nitrogen and oxygen atoms in total. The maximum atomic E-state index is 12.4. The third-order valence-electron chi connectivity index (χ3n) is 4.48. The van der Waals surface area contributed by atoms with Crippen LogP contribution >= 0.6 is 11.6 Å². The van der Waals surface area contributed by atoms with Gasteiger partial charge in [0, 0.05) is 6.20 Å². The molecule has 9 heteroatoms. The molecule has 1 fully saturated rings. The Hall–Kier alpha value is -2.06. The van der Waals surface area contributed by atoms with E-state index < -0.39 is 18.7 Å². The first-order valence-corrected chi connectivity index (χ1v) is 8.95. The average molecular weight is 402 g/mol. The zero-order valence-electron chi connectivity index (χ0n) is 14.5. The van der Waals surface area contributed by atoms with E-state index in [0.29, 0.717) is 42.2 Å². The summed E-state index contributed by atoms with van der Waals surface area (Å²) in [6, 6.07) is 7.11. The van der Waals surface area contributed by atoms with Crippen LogP contribution in [-0.2, 0) is 4.74 Å². The van der Waals surface area contributed by atoms with E-state index in [4.69, 9.17) is 16.3 Å². The fraction of sp³-hybridized carbons (Fsp3) is 0.444. The molecule has 0 bridgehead atoms. The molecule has 0 unspecified atom stereocenters. The Morgan fingerprint density at radius 2 is 1.96 bits per heavy atom. The summed E-state index contributed by atoms with van der Waals surface area (Å²) in [5, 5.41) is 4.63. The standard InChI is InChI=1S/C18H19ClF3N3O2/c19-15-3-1-2-4-16(15)25-10-14(9-23-25)17(26)27-11-13-5-7-24(8-6-13)12-18(20,21)22/h1-4,9-10,13H,5-8,11-12H2. The number of esters is 1. The van der Waals surface area contributed by atoms with Crippen molar-refractivity contribution in [3.05, 3.63) is 47.2 Å². The molecular formula is C18H19ClF3N3O2. The van der Waals surface area contributed by atoms with Crippen LogP contribution in [0.2, 0.25) is 5.02 Å². The molecule has 146 valence electrons. The third kappa shape index (κ3) is 5.46. The number of carbonyl (C=O) groups is 1. The lowest BCUT2D eigenvalue weighted by Gasteiger charge is -2.31. The van der Waals surface area contributed by atoms with Gasteiger partial charge in [0.1, 0.15) is 0 Å². The van der Waals surface area contributed by atoms with Gasteiger partial charge in [0.15, 0.2) is 0 Å². The Labute approximate surface area is 159 Å². The van der Waals surface area contributed by atoms with Gasteiger partial charge in [-0.1, -0.05) is 23.7 Å². The van der Waals surface area contributed by atoms with Crippen molar-refractivity contribution in [2.45, 2.75) is 19.0 Å². The first-order valence-electron chi connectivity index (χ1n) is 8.57. The molecule has 2 aromatic rings. The summed E-state index contributed by atoms with van der Waals surface area (Å²) in [5.41, 5.74) is 0.944. The van der Waals surface area contributed by atoms with E-state index in [-0.39, 0.29) is 12.5 Å². The molecule has 1 aliphatic rings. The first-order chi connectivity index (χ1) is 12.8. The highest BCUT2D eigenvalue weighted by Crippen LogP contribution is 2.23. The summed E-state index contributed by atoms with van der Waals surface area (Å²) in [4.78, 5) is 13.6. The zero-order chi connectivity index (χ0) is 19.4. The van der Waals surface area contributed by atoms with E-state index >= 15 is 0 Å². The van der Waals surface area contributed by atoms with Crippen LogP contribution in [0.3, 0.4) is 0 Å². The molecule has 0 saturated carbocycles. The van der Waals surface area contributed by atoms with E-state index in [1.807, 2.05) is 6.07 Å². The van der Waals surface area contributed by atoms with Crippen LogP contribution in [0, 0.1) is 5.92 Å². The van der Waals surface area contributed by atoms with Crippen LogP contribution in [0.4, 0.5) is 13.2 Å². The molecule has 0 aliphatic carbocycles. The summed E-state index contributed by atoms with van der Waals surface area (Å²) < 4.78 is 44.0. The number of carbonyl (C=O) groups excluding carboxylic acids is 1. The van der Waals surface area contributed by atoms with Gasteiger partial charge >= 0.3 is 12.1 Å². The molecule has 2 heterocycles. The van der Waals surface area contributed by atoms with Crippen molar-refractivity contribution in [2.75, 3.05) is 26.2 Å². The number of likely N-dealkylation sites (tertiary alicyclic amines) is 1. The van der Waals surface area contributed by atoms with Crippen LogP contribution in [0.25, 0.3) is 5.69 Å². The van der Waals surface area contributed by atoms with Gasteiger partial charge in [-0.3, -0.25) is 4.90 Å². The predicted octanol–water partition coefficient (Wildman–Crippen LogP) is 3.96. The molecule has 27 heavy (non-hydrogen) atoms. The largest absolute Gasteiger partial charge is 0.462 e. The highest BCUT2D eigenvalue weighted by molar-refractivity contribution is 6.32. The molecule has 0 atom stereocenters. The van der Waals surface area contributed by atoms with Crippen molar-refractivity contribution in [3.63, 3.8) is 0 Å². The minimum atomic E-state index is -4.18. The molecule has 0 N–H and O–H groups in total. The number of aromatic nitrogens is 2. The zero-order valence-corrected chi connectivity index (χ0v) is 15.2. The summed E-state index contributed by atoms with van der Waals surface area (Å²) in [7, 11) is 0. The van der Waals surface area contributed by atoms with Gasteiger partial charge < -0.3 is 4.74 Å². The van der Waals surface area contributed by atoms with Crippen LogP contribution in [0.1, 0.15) is 23.2 Å². The van der Waals surface area contributed by atoms with Crippen molar-refractivity contribution in [1.29, 1.82) is 0 Å². The summed E-state index contributed by atoms with van der Waals surface area (Å²) >= 11 is 6.11. The number of piperidine rings is 1. The molecule has 3 rings (SSSR count). The monoisotopic (exact) mass is 401 g/mol. The Kier molecular flexibility index (Phi) is 6.06. The smallest absolute Gasteiger partial charge is 0.401 e. The fourth-order valence-electron chi connectivity index (χ4n) is 3.04. The SMILES string of the molecule is O=C(OCC1CCN(CC(F)(F)F)CC1)c1cnn(-c2ccccc2Cl)c1. The topological polar surface area (TPSA) is 47.4 Å². The second kappa shape index (κ2) is 8.31. The highest BCUT2D eigenvalue weighted by atomic mass is 35.5. The number of halogens is 4. The highest BCUT2D eigenvalue weighted by Gasteiger charge is 2.32. The lowest BCUT2D eigenvalue weighted by atomic mass is 9.98. The average Bonchev–Trinajstić information content (AvgIpc) is 3.10. The molecule has 0 radical (unpaired) electrons. The van der Waals surface area contributed by atoms with Crippen LogP contribution < -0.4 is 0 Å². The number of benzene rings is 1. The summed E-state index contributed by atoms with van der Waals surface area (Å²) in [6.45, 7) is 0.00896. The van der Waals surface area contributed by atoms with Crippen molar-refractivity contribution in [1.82, 2.24) is 14.7 Å². The molecule has 0 spiro atoms. The van der Waals surface area contributed by atoms with E-state index in [1.54, 1.807) is 18.2 Å². The van der Waals surface area contributed by atoms with Crippen molar-refractivity contribution < 1.29 is 22.7 Å². The van der Waals surface area contributed by atoms with E-state index in [9.17, 15) is 18.0 Å². The summed E-state index contributed by atoms with van der Waals surface area (Å²) in [5.74, 6) is -0.442. The van der Waals surface area contributed by atoms with Gasteiger partial charge in [0.2, 0.25) is 0 Å². The fourth-order valence-corrected chi connectivity index (χ4v) is 3.26. The predicted molar refractivity (Wildman–Crippen MR) is 94.1 cm³/mol. The minimum Gasteiger partial charge on any atom is -0.462 e.